The Morgan fingerprint density at radius 1 is 0.408 bits per heavy atom. The van der Waals surface area contributed by atoms with Gasteiger partial charge in [-0.25, -0.2) is 0 Å². The maximum Gasteiger partial charge on any atom is 0.0540 e. The van der Waals surface area contributed by atoms with E-state index >= 15 is 0 Å². The Morgan fingerprint density at radius 3 is 1.41 bits per heavy atom. The van der Waals surface area contributed by atoms with Crippen LogP contribution in [0.2, 0.25) is 0 Å². The van der Waals surface area contributed by atoms with Crippen LogP contribution >= 0.6 is 0 Å². The molecule has 1 heterocycles. The number of allylic oxidation sites excluding steroid dienone is 4. The molecule has 8 rings (SSSR count). The van der Waals surface area contributed by atoms with E-state index in [1.165, 1.54) is 49.2 Å². The number of fused-ring (bicyclic) bond motifs is 7. The van der Waals surface area contributed by atoms with Crippen molar-refractivity contribution in [2.75, 3.05) is 0 Å². The molecule has 0 radical (unpaired) electrons. The van der Waals surface area contributed by atoms with Crippen LogP contribution in [0, 0.1) is 0 Å². The van der Waals surface area contributed by atoms with Crippen LogP contribution in [0.1, 0.15) is 5.56 Å². The highest BCUT2D eigenvalue weighted by atomic mass is 15.0. The molecule has 0 aliphatic carbocycles. The molecular formula is C48H35N. The molecule has 8 aromatic rings. The first kappa shape index (κ1) is 29.9. The van der Waals surface area contributed by atoms with Gasteiger partial charge in [-0.2, -0.15) is 0 Å². The topological polar surface area (TPSA) is 4.93 Å². The van der Waals surface area contributed by atoms with Gasteiger partial charge in [0.2, 0.25) is 0 Å². The normalized spacial score (nSPS) is 11.6. The number of hydrogen-bond donors (Lipinski definition) is 0. The van der Waals surface area contributed by atoms with Gasteiger partial charge in [-0.1, -0.05) is 165 Å². The summed E-state index contributed by atoms with van der Waals surface area (Å²) in [7, 11) is 0. The van der Waals surface area contributed by atoms with Gasteiger partial charge in [0.05, 0.1) is 11.0 Å². The van der Waals surface area contributed by atoms with Gasteiger partial charge in [-0.15, -0.1) is 0 Å². The van der Waals surface area contributed by atoms with Crippen molar-refractivity contribution >= 4 is 48.9 Å². The first-order valence-corrected chi connectivity index (χ1v) is 16.7. The molecule has 49 heavy (non-hydrogen) atoms. The lowest BCUT2D eigenvalue weighted by molar-refractivity contribution is 1.17. The molecule has 0 unspecified atom stereocenters. The lowest BCUT2D eigenvalue weighted by Crippen LogP contribution is -1.99. The number of nitrogens with zero attached hydrogens (tertiary/aromatic N) is 1. The van der Waals surface area contributed by atoms with Gasteiger partial charge in [0.1, 0.15) is 0 Å². The Balaban J connectivity index is 1.60. The molecule has 0 saturated carbocycles. The van der Waals surface area contributed by atoms with Crippen molar-refractivity contribution in [3.05, 3.63) is 207 Å². The van der Waals surface area contributed by atoms with Crippen molar-refractivity contribution < 1.29 is 0 Å². The highest BCUT2D eigenvalue weighted by molar-refractivity contribution is 6.20. The maximum absolute atomic E-state index is 4.12. The third-order valence-corrected chi connectivity index (χ3v) is 9.39. The molecule has 7 aromatic carbocycles. The van der Waals surface area contributed by atoms with E-state index in [1.807, 2.05) is 18.2 Å². The van der Waals surface area contributed by atoms with E-state index in [9.17, 15) is 0 Å². The zero-order chi connectivity index (χ0) is 33.2. The minimum atomic E-state index is 1.03. The SMILES string of the molecule is C=C/C=C(\C=C)c1ccc2c(c1)c1ccccc1c1ccccc1c1cc(-c3ccccc3)ccc1n2-c1ccc(-c2ccccc2)cc1. The quantitative estimate of drug-likeness (QED) is 0.162. The zero-order valence-electron chi connectivity index (χ0n) is 27.3. The molecule has 232 valence electrons. The average Bonchev–Trinajstić information content (AvgIpc) is 3.22. The van der Waals surface area contributed by atoms with Gasteiger partial charge >= 0.3 is 0 Å². The highest BCUT2D eigenvalue weighted by Crippen LogP contribution is 2.37. The fourth-order valence-corrected chi connectivity index (χ4v) is 7.04. The second-order valence-corrected chi connectivity index (χ2v) is 12.2. The molecular weight excluding hydrogens is 591 g/mol. The van der Waals surface area contributed by atoms with E-state index in [2.05, 4.69) is 188 Å². The fourth-order valence-electron chi connectivity index (χ4n) is 7.04. The summed E-state index contributed by atoms with van der Waals surface area (Å²) in [5.41, 5.74) is 10.2. The third-order valence-electron chi connectivity index (χ3n) is 9.39. The van der Waals surface area contributed by atoms with E-state index in [-0.39, 0.29) is 0 Å². The molecule has 1 nitrogen and oxygen atoms in total. The van der Waals surface area contributed by atoms with Crippen LogP contribution in [0.5, 0.6) is 0 Å². The Kier molecular flexibility index (Phi) is 7.93. The number of rotatable bonds is 6. The monoisotopic (exact) mass is 625 g/mol. The highest BCUT2D eigenvalue weighted by Gasteiger charge is 2.13. The van der Waals surface area contributed by atoms with Crippen molar-refractivity contribution in [3.8, 4) is 27.9 Å². The number of benzene rings is 7. The average molecular weight is 626 g/mol. The molecule has 0 atom stereocenters. The van der Waals surface area contributed by atoms with Gasteiger partial charge in [0.25, 0.3) is 0 Å². The summed E-state index contributed by atoms with van der Waals surface area (Å²) in [4.78, 5) is 0. The second-order valence-electron chi connectivity index (χ2n) is 12.2. The fraction of sp³-hybridized carbons (Fsp3) is 0. The van der Waals surface area contributed by atoms with Crippen LogP contribution in [0.15, 0.2) is 201 Å². The number of aromatic nitrogens is 1. The van der Waals surface area contributed by atoms with Crippen molar-refractivity contribution in [3.63, 3.8) is 0 Å². The predicted octanol–water partition coefficient (Wildman–Crippen LogP) is 13.3. The maximum atomic E-state index is 4.12. The van der Waals surface area contributed by atoms with Gasteiger partial charge in [-0.05, 0) is 91.3 Å². The molecule has 0 N–H and O–H groups in total. The summed E-state index contributed by atoms with van der Waals surface area (Å²) in [5.74, 6) is 0. The van der Waals surface area contributed by atoms with Crippen LogP contribution in [0.4, 0.5) is 0 Å². The largest absolute Gasteiger partial charge is 0.309 e. The zero-order valence-corrected chi connectivity index (χ0v) is 27.3. The number of hydrogen-bond acceptors (Lipinski definition) is 0. The minimum Gasteiger partial charge on any atom is -0.309 e. The van der Waals surface area contributed by atoms with E-state index in [0.29, 0.717) is 0 Å². The summed E-state index contributed by atoms with van der Waals surface area (Å²) in [5, 5.41) is 7.09. The summed E-state index contributed by atoms with van der Waals surface area (Å²) in [6.07, 6.45) is 5.75. The second kappa shape index (κ2) is 13.0. The Labute approximate surface area is 287 Å². The standard InChI is InChI=1S/C48H35N/c1-3-15-34(4-2)38-26-30-47-45(32-38)43-22-13-11-20-41(43)42-21-12-14-23-44(42)46-33-39(36-18-9-6-10-19-36)27-31-48(46)49(47)40-28-24-37(25-29-40)35-16-7-5-8-17-35/h3-33H,1-2H2/b34-15+. The Morgan fingerprint density at radius 2 is 0.857 bits per heavy atom. The summed E-state index contributed by atoms with van der Waals surface area (Å²) < 4.78 is 2.43. The Bertz CT molecular complexity index is 2600. The van der Waals surface area contributed by atoms with Gasteiger partial charge in [0, 0.05) is 16.5 Å². The van der Waals surface area contributed by atoms with Crippen LogP contribution in [0.3, 0.4) is 0 Å². The molecule has 0 saturated heterocycles. The Hall–Kier alpha value is -6.44. The molecule has 0 bridgehead atoms. The molecule has 1 aromatic heterocycles. The van der Waals surface area contributed by atoms with Crippen LogP contribution in [0.25, 0.3) is 76.9 Å². The van der Waals surface area contributed by atoms with E-state index in [1.54, 1.807) is 0 Å². The van der Waals surface area contributed by atoms with Crippen LogP contribution in [-0.2, 0) is 0 Å². The smallest absolute Gasteiger partial charge is 0.0540 e. The molecule has 0 fully saturated rings. The molecule has 0 amide bonds. The third kappa shape index (κ3) is 5.52. The summed E-state index contributed by atoms with van der Waals surface area (Å²) in [6.45, 7) is 8.09. The van der Waals surface area contributed by atoms with Crippen LogP contribution in [-0.4, -0.2) is 4.57 Å². The lowest BCUT2D eigenvalue weighted by Gasteiger charge is -2.16. The lowest BCUT2D eigenvalue weighted by atomic mass is 9.98. The first-order chi connectivity index (χ1) is 24.2. The van der Waals surface area contributed by atoms with Gasteiger partial charge in [-0.3, -0.25) is 0 Å². The van der Waals surface area contributed by atoms with Crippen LogP contribution < -0.4 is 0 Å². The molecule has 0 aliphatic heterocycles. The first-order valence-electron chi connectivity index (χ1n) is 16.7. The van der Waals surface area contributed by atoms with Crippen molar-refractivity contribution in [2.45, 2.75) is 0 Å². The van der Waals surface area contributed by atoms with Gasteiger partial charge in [0.15, 0.2) is 0 Å². The van der Waals surface area contributed by atoms with Crippen molar-refractivity contribution in [2.24, 2.45) is 0 Å². The van der Waals surface area contributed by atoms with E-state index < -0.39 is 0 Å². The van der Waals surface area contributed by atoms with Crippen molar-refractivity contribution in [1.82, 2.24) is 4.57 Å². The van der Waals surface area contributed by atoms with E-state index in [4.69, 9.17) is 0 Å². The summed E-state index contributed by atoms with van der Waals surface area (Å²) >= 11 is 0. The molecule has 1 heteroatoms. The minimum absolute atomic E-state index is 1.03. The predicted molar refractivity (Wildman–Crippen MR) is 213 cm³/mol. The molecule has 0 spiro atoms. The van der Waals surface area contributed by atoms with E-state index in [0.717, 1.165) is 33.2 Å². The molecule has 0 aliphatic rings. The van der Waals surface area contributed by atoms with Crippen molar-refractivity contribution in [1.29, 1.82) is 0 Å². The summed E-state index contributed by atoms with van der Waals surface area (Å²) in [6, 6.07) is 61.5. The van der Waals surface area contributed by atoms with Gasteiger partial charge < -0.3 is 4.57 Å².